The number of para-hydroxylation sites is 1. The Labute approximate surface area is 152 Å². The molecule has 0 radical (unpaired) electrons. The van der Waals surface area contributed by atoms with Crippen LogP contribution in [0.5, 0.6) is 11.5 Å². The minimum Gasteiger partial charge on any atom is -0.495 e. The molecule has 2 aromatic carbocycles. The van der Waals surface area contributed by atoms with Gasteiger partial charge in [0, 0.05) is 18.7 Å². The van der Waals surface area contributed by atoms with Crippen molar-refractivity contribution < 1.29 is 19.1 Å². The number of rotatable bonds is 6. The summed E-state index contributed by atoms with van der Waals surface area (Å²) in [5.74, 6) is 1.09. The van der Waals surface area contributed by atoms with E-state index < -0.39 is 0 Å². The van der Waals surface area contributed by atoms with Gasteiger partial charge >= 0.3 is 0 Å². The molecule has 0 aliphatic carbocycles. The van der Waals surface area contributed by atoms with Gasteiger partial charge in [0.15, 0.2) is 6.61 Å². The molecule has 6 heteroatoms. The van der Waals surface area contributed by atoms with Crippen LogP contribution in [-0.4, -0.2) is 32.1 Å². The highest BCUT2D eigenvalue weighted by Gasteiger charge is 2.24. The largest absolute Gasteiger partial charge is 0.495 e. The second-order valence-corrected chi connectivity index (χ2v) is 6.14. The van der Waals surface area contributed by atoms with E-state index in [4.69, 9.17) is 9.47 Å². The summed E-state index contributed by atoms with van der Waals surface area (Å²) in [7, 11) is 1.56. The Morgan fingerprint density at radius 2 is 2.00 bits per heavy atom. The topological polar surface area (TPSA) is 67.9 Å². The van der Waals surface area contributed by atoms with Gasteiger partial charge in [-0.2, -0.15) is 0 Å². The number of amides is 2. The molecule has 2 amide bonds. The molecule has 1 fully saturated rings. The normalized spacial score (nSPS) is 13.6. The molecule has 1 aliphatic heterocycles. The van der Waals surface area contributed by atoms with Crippen LogP contribution in [0.1, 0.15) is 18.4 Å². The predicted octanol–water partition coefficient (Wildman–Crippen LogP) is 3.15. The van der Waals surface area contributed by atoms with Gasteiger partial charge in [0.05, 0.1) is 12.8 Å². The van der Waals surface area contributed by atoms with Crippen molar-refractivity contribution in [3.05, 3.63) is 48.0 Å². The Balaban J connectivity index is 1.68. The second-order valence-electron chi connectivity index (χ2n) is 6.14. The van der Waals surface area contributed by atoms with Gasteiger partial charge in [-0.15, -0.1) is 0 Å². The second kappa shape index (κ2) is 7.91. The summed E-state index contributed by atoms with van der Waals surface area (Å²) < 4.78 is 10.9. The van der Waals surface area contributed by atoms with Crippen molar-refractivity contribution in [1.29, 1.82) is 0 Å². The van der Waals surface area contributed by atoms with Gasteiger partial charge in [0.1, 0.15) is 11.5 Å². The highest BCUT2D eigenvalue weighted by molar-refractivity contribution is 5.98. The maximum atomic E-state index is 12.2. The maximum Gasteiger partial charge on any atom is 0.262 e. The first kappa shape index (κ1) is 17.8. The number of ether oxygens (including phenoxy) is 2. The zero-order chi connectivity index (χ0) is 18.5. The van der Waals surface area contributed by atoms with Crippen molar-refractivity contribution in [2.24, 2.45) is 0 Å². The average Bonchev–Trinajstić information content (AvgIpc) is 3.07. The van der Waals surface area contributed by atoms with Gasteiger partial charge in [-0.25, -0.2) is 0 Å². The van der Waals surface area contributed by atoms with Crippen LogP contribution in [0.4, 0.5) is 11.4 Å². The highest BCUT2D eigenvalue weighted by Crippen LogP contribution is 2.34. The third-order valence-corrected chi connectivity index (χ3v) is 4.28. The average molecular weight is 354 g/mol. The molecule has 0 bridgehead atoms. The molecule has 0 spiro atoms. The fourth-order valence-corrected chi connectivity index (χ4v) is 2.94. The molecule has 0 atom stereocenters. The Morgan fingerprint density at radius 3 is 2.69 bits per heavy atom. The SMILES string of the molecule is COc1ccc(NC(=O)COc2ccccc2C)cc1N1CCCC1=O. The standard InChI is InChI=1S/C20H22N2O4/c1-14-6-3-4-7-17(14)26-13-19(23)21-15-9-10-18(25-2)16(12-15)22-11-5-8-20(22)24/h3-4,6-7,9-10,12H,5,8,11,13H2,1-2H3,(H,21,23). The van der Waals surface area contributed by atoms with Crippen molar-refractivity contribution in [1.82, 2.24) is 0 Å². The number of nitrogens with one attached hydrogen (secondary N) is 1. The summed E-state index contributed by atoms with van der Waals surface area (Å²) in [6, 6.07) is 12.8. The molecular weight excluding hydrogens is 332 g/mol. The molecule has 6 nitrogen and oxygen atoms in total. The van der Waals surface area contributed by atoms with Crippen molar-refractivity contribution >= 4 is 23.2 Å². The van der Waals surface area contributed by atoms with Crippen LogP contribution in [0.15, 0.2) is 42.5 Å². The predicted molar refractivity (Wildman–Crippen MR) is 99.9 cm³/mol. The van der Waals surface area contributed by atoms with Gasteiger partial charge < -0.3 is 19.7 Å². The lowest BCUT2D eigenvalue weighted by molar-refractivity contribution is -0.118. The van der Waals surface area contributed by atoms with E-state index in [-0.39, 0.29) is 18.4 Å². The maximum absolute atomic E-state index is 12.2. The zero-order valence-electron chi connectivity index (χ0n) is 15.0. The van der Waals surface area contributed by atoms with Gasteiger partial charge in [0.2, 0.25) is 5.91 Å². The smallest absolute Gasteiger partial charge is 0.262 e. The van der Waals surface area contributed by atoms with E-state index in [0.717, 1.165) is 12.0 Å². The first-order valence-corrected chi connectivity index (χ1v) is 8.55. The molecule has 1 aliphatic rings. The van der Waals surface area contributed by atoms with Crippen molar-refractivity contribution in [2.45, 2.75) is 19.8 Å². The van der Waals surface area contributed by atoms with Gasteiger partial charge in [0.25, 0.3) is 5.91 Å². The summed E-state index contributed by atoms with van der Waals surface area (Å²) >= 11 is 0. The molecule has 26 heavy (non-hydrogen) atoms. The summed E-state index contributed by atoms with van der Waals surface area (Å²) in [6.07, 6.45) is 1.35. The van der Waals surface area contributed by atoms with E-state index in [1.807, 2.05) is 31.2 Å². The van der Waals surface area contributed by atoms with Crippen LogP contribution in [0.2, 0.25) is 0 Å². The number of anilines is 2. The fraction of sp³-hybridized carbons (Fsp3) is 0.300. The molecular formula is C20H22N2O4. The fourth-order valence-electron chi connectivity index (χ4n) is 2.94. The molecule has 2 aromatic rings. The van der Waals surface area contributed by atoms with Crippen LogP contribution in [0, 0.1) is 6.92 Å². The Hall–Kier alpha value is -3.02. The molecule has 136 valence electrons. The molecule has 1 saturated heterocycles. The van der Waals surface area contributed by atoms with Gasteiger partial charge in [-0.1, -0.05) is 18.2 Å². The molecule has 1 N–H and O–H groups in total. The summed E-state index contributed by atoms with van der Waals surface area (Å²) in [4.78, 5) is 25.9. The lowest BCUT2D eigenvalue weighted by atomic mass is 10.2. The molecule has 0 aromatic heterocycles. The number of hydrogen-bond donors (Lipinski definition) is 1. The molecule has 0 saturated carbocycles. The Kier molecular flexibility index (Phi) is 5.41. The monoisotopic (exact) mass is 354 g/mol. The van der Waals surface area contributed by atoms with Gasteiger partial charge in [-0.05, 0) is 43.2 Å². The summed E-state index contributed by atoms with van der Waals surface area (Å²) in [6.45, 7) is 2.49. The Morgan fingerprint density at radius 1 is 1.19 bits per heavy atom. The van der Waals surface area contributed by atoms with E-state index in [9.17, 15) is 9.59 Å². The van der Waals surface area contributed by atoms with Crippen LogP contribution in [0.3, 0.4) is 0 Å². The number of hydrogen-bond acceptors (Lipinski definition) is 4. The van der Waals surface area contributed by atoms with E-state index in [1.165, 1.54) is 0 Å². The number of carbonyl (C=O) groups excluding carboxylic acids is 2. The number of nitrogens with zero attached hydrogens (tertiary/aromatic N) is 1. The molecule has 0 unspecified atom stereocenters. The summed E-state index contributed by atoms with van der Waals surface area (Å²) in [5.41, 5.74) is 2.24. The molecule has 1 heterocycles. The van der Waals surface area contributed by atoms with E-state index >= 15 is 0 Å². The zero-order valence-corrected chi connectivity index (χ0v) is 15.0. The van der Waals surface area contributed by atoms with Crippen LogP contribution < -0.4 is 19.7 Å². The number of methoxy groups -OCH3 is 1. The first-order chi connectivity index (χ1) is 12.6. The van der Waals surface area contributed by atoms with Crippen molar-refractivity contribution in [3.8, 4) is 11.5 Å². The minimum absolute atomic E-state index is 0.0645. The van der Waals surface area contributed by atoms with E-state index in [1.54, 1.807) is 30.2 Å². The van der Waals surface area contributed by atoms with Crippen molar-refractivity contribution in [3.63, 3.8) is 0 Å². The number of benzene rings is 2. The van der Waals surface area contributed by atoms with Crippen LogP contribution in [-0.2, 0) is 9.59 Å². The van der Waals surface area contributed by atoms with Crippen LogP contribution in [0.25, 0.3) is 0 Å². The van der Waals surface area contributed by atoms with Crippen molar-refractivity contribution in [2.75, 3.05) is 30.5 Å². The third kappa shape index (κ3) is 3.96. The quantitative estimate of drug-likeness (QED) is 0.865. The van der Waals surface area contributed by atoms with E-state index in [2.05, 4.69) is 5.32 Å². The minimum atomic E-state index is -0.267. The highest BCUT2D eigenvalue weighted by atomic mass is 16.5. The number of aryl methyl sites for hydroxylation is 1. The lowest BCUT2D eigenvalue weighted by Crippen LogP contribution is -2.25. The summed E-state index contributed by atoms with van der Waals surface area (Å²) in [5, 5.41) is 2.80. The van der Waals surface area contributed by atoms with E-state index in [0.29, 0.717) is 35.8 Å². The Bertz CT molecular complexity index is 819. The third-order valence-electron chi connectivity index (χ3n) is 4.28. The first-order valence-electron chi connectivity index (χ1n) is 8.55. The van der Waals surface area contributed by atoms with Gasteiger partial charge in [-0.3, -0.25) is 9.59 Å². The lowest BCUT2D eigenvalue weighted by Gasteiger charge is -2.20. The van der Waals surface area contributed by atoms with Crippen LogP contribution >= 0.6 is 0 Å². The number of carbonyl (C=O) groups is 2. The molecule has 3 rings (SSSR count).